The zero-order chi connectivity index (χ0) is 13.7. The summed E-state index contributed by atoms with van der Waals surface area (Å²) >= 11 is 1.47. The fourth-order valence-corrected chi connectivity index (χ4v) is 2.68. The van der Waals surface area contributed by atoms with Gasteiger partial charge < -0.3 is 4.74 Å². The van der Waals surface area contributed by atoms with Crippen molar-refractivity contribution in [3.63, 3.8) is 0 Å². The van der Waals surface area contributed by atoms with Gasteiger partial charge in [0.25, 0.3) is 0 Å². The molecule has 1 heterocycles. The minimum Gasteiger partial charge on any atom is -0.377 e. The average molecular weight is 279 g/mol. The first-order valence-corrected chi connectivity index (χ1v) is 7.42. The zero-order valence-electron chi connectivity index (χ0n) is 11.2. The van der Waals surface area contributed by atoms with E-state index in [0.717, 1.165) is 19.3 Å². The van der Waals surface area contributed by atoms with Crippen LogP contribution in [0.25, 0.3) is 11.3 Å². The average Bonchev–Trinajstić information content (AvgIpc) is 2.95. The Morgan fingerprint density at radius 1 is 1.42 bits per heavy atom. The number of aromatic nitrogens is 1. The van der Waals surface area contributed by atoms with E-state index in [4.69, 9.17) is 4.74 Å². The van der Waals surface area contributed by atoms with Crippen LogP contribution in [0, 0.1) is 5.82 Å². The number of rotatable bonds is 6. The van der Waals surface area contributed by atoms with Crippen molar-refractivity contribution >= 4 is 11.3 Å². The fourth-order valence-electron chi connectivity index (χ4n) is 2.13. The van der Waals surface area contributed by atoms with E-state index in [1.807, 2.05) is 11.4 Å². The molecular weight excluding hydrogens is 261 g/mol. The Morgan fingerprint density at radius 3 is 2.89 bits per heavy atom. The molecule has 0 bridgehead atoms. The molecule has 19 heavy (non-hydrogen) atoms. The molecule has 2 nitrogen and oxygen atoms in total. The highest BCUT2D eigenvalue weighted by molar-refractivity contribution is 7.07. The molecule has 4 heteroatoms. The Bertz CT molecular complexity index is 513. The van der Waals surface area contributed by atoms with Gasteiger partial charge in [0.15, 0.2) is 0 Å². The molecule has 0 radical (unpaired) electrons. The molecule has 0 saturated carbocycles. The van der Waals surface area contributed by atoms with E-state index >= 15 is 0 Å². The Kier molecular flexibility index (Phi) is 5.05. The van der Waals surface area contributed by atoms with Gasteiger partial charge in [-0.2, -0.15) is 0 Å². The van der Waals surface area contributed by atoms with E-state index in [9.17, 15) is 4.39 Å². The van der Waals surface area contributed by atoms with Crippen LogP contribution < -0.4 is 0 Å². The van der Waals surface area contributed by atoms with Crippen molar-refractivity contribution in [3.05, 3.63) is 40.5 Å². The molecule has 0 amide bonds. The molecule has 1 aromatic heterocycles. The molecule has 0 N–H and O–H groups in total. The number of hydrogen-bond donors (Lipinski definition) is 0. The monoisotopic (exact) mass is 279 g/mol. The lowest BCUT2D eigenvalue weighted by Crippen LogP contribution is -2.05. The van der Waals surface area contributed by atoms with Gasteiger partial charge in [-0.3, -0.25) is 0 Å². The van der Waals surface area contributed by atoms with Gasteiger partial charge in [0.1, 0.15) is 5.82 Å². The van der Waals surface area contributed by atoms with Crippen molar-refractivity contribution in [2.45, 2.75) is 32.3 Å². The van der Waals surface area contributed by atoms with Crippen LogP contribution in [-0.4, -0.2) is 12.1 Å². The van der Waals surface area contributed by atoms with Gasteiger partial charge in [-0.1, -0.05) is 31.9 Å². The number of methoxy groups -OCH3 is 1. The number of halogens is 1. The molecule has 0 aliphatic carbocycles. The number of hydrogen-bond acceptors (Lipinski definition) is 3. The van der Waals surface area contributed by atoms with Gasteiger partial charge in [-0.25, -0.2) is 9.37 Å². The van der Waals surface area contributed by atoms with Crippen LogP contribution in [0.5, 0.6) is 0 Å². The number of thiazole rings is 1. The highest BCUT2D eigenvalue weighted by atomic mass is 32.1. The third kappa shape index (κ3) is 3.19. The molecule has 0 aliphatic rings. The van der Waals surface area contributed by atoms with Crippen LogP contribution in [0.2, 0.25) is 0 Å². The van der Waals surface area contributed by atoms with Crippen molar-refractivity contribution in [3.8, 4) is 11.3 Å². The topological polar surface area (TPSA) is 22.1 Å². The largest absolute Gasteiger partial charge is 0.377 e. The van der Waals surface area contributed by atoms with Gasteiger partial charge in [-0.15, -0.1) is 11.3 Å². The van der Waals surface area contributed by atoms with Crippen molar-refractivity contribution in [1.82, 2.24) is 4.98 Å². The third-order valence-electron chi connectivity index (χ3n) is 3.19. The van der Waals surface area contributed by atoms with Crippen LogP contribution in [0.3, 0.4) is 0 Å². The predicted molar refractivity (Wildman–Crippen MR) is 76.8 cm³/mol. The summed E-state index contributed by atoms with van der Waals surface area (Å²) in [5.41, 5.74) is 3.58. The summed E-state index contributed by atoms with van der Waals surface area (Å²) in [5.74, 6) is -0.212. The van der Waals surface area contributed by atoms with E-state index in [1.54, 1.807) is 24.8 Å². The summed E-state index contributed by atoms with van der Waals surface area (Å²) in [5, 5.41) is 1.86. The second-order valence-corrected chi connectivity index (χ2v) is 5.17. The van der Waals surface area contributed by atoms with Gasteiger partial charge in [-0.05, 0) is 12.5 Å². The Balaban J connectivity index is 2.33. The predicted octanol–water partition coefficient (Wildman–Crippen LogP) is 4.83. The molecule has 0 saturated heterocycles. The standard InChI is InChI=1S/C15H18FNOS/c1-3-4-8-14(18-2)12-7-5-6-11(15(12)16)13-9-19-10-17-13/h5-7,9-10,14H,3-4,8H2,1-2H3. The summed E-state index contributed by atoms with van der Waals surface area (Å²) < 4.78 is 20.0. The van der Waals surface area contributed by atoms with Gasteiger partial charge in [0.2, 0.25) is 0 Å². The molecule has 2 rings (SSSR count). The third-order valence-corrected chi connectivity index (χ3v) is 3.77. The van der Waals surface area contributed by atoms with Crippen LogP contribution in [-0.2, 0) is 4.74 Å². The van der Waals surface area contributed by atoms with Gasteiger partial charge in [0.05, 0.1) is 17.3 Å². The first kappa shape index (κ1) is 14.2. The van der Waals surface area contributed by atoms with E-state index in [2.05, 4.69) is 11.9 Å². The minimum absolute atomic E-state index is 0.182. The molecule has 102 valence electrons. The van der Waals surface area contributed by atoms with E-state index in [1.165, 1.54) is 11.3 Å². The summed E-state index contributed by atoms with van der Waals surface area (Å²) in [6.07, 6.45) is 2.76. The summed E-state index contributed by atoms with van der Waals surface area (Å²) in [6.45, 7) is 2.12. The lowest BCUT2D eigenvalue weighted by molar-refractivity contribution is 0.0906. The van der Waals surface area contributed by atoms with E-state index < -0.39 is 0 Å². The van der Waals surface area contributed by atoms with Crippen LogP contribution in [0.4, 0.5) is 4.39 Å². The quantitative estimate of drug-likeness (QED) is 0.755. The molecule has 0 fully saturated rings. The van der Waals surface area contributed by atoms with Crippen molar-refractivity contribution in [2.24, 2.45) is 0 Å². The second kappa shape index (κ2) is 6.78. The molecule has 0 aliphatic heterocycles. The maximum Gasteiger partial charge on any atom is 0.138 e. The number of unbranched alkanes of at least 4 members (excludes halogenated alkanes) is 1. The normalized spacial score (nSPS) is 12.6. The van der Waals surface area contributed by atoms with Crippen LogP contribution >= 0.6 is 11.3 Å². The Labute approximate surface area is 117 Å². The number of nitrogens with zero attached hydrogens (tertiary/aromatic N) is 1. The van der Waals surface area contributed by atoms with Crippen LogP contribution in [0.1, 0.15) is 37.9 Å². The fraction of sp³-hybridized carbons (Fsp3) is 0.400. The molecular formula is C15H18FNOS. The van der Waals surface area contributed by atoms with E-state index in [0.29, 0.717) is 16.8 Å². The second-order valence-electron chi connectivity index (χ2n) is 4.45. The molecule has 1 unspecified atom stereocenters. The lowest BCUT2D eigenvalue weighted by Gasteiger charge is -2.17. The zero-order valence-corrected chi connectivity index (χ0v) is 12.0. The Morgan fingerprint density at radius 2 is 2.26 bits per heavy atom. The first-order chi connectivity index (χ1) is 9.27. The van der Waals surface area contributed by atoms with Gasteiger partial charge in [0, 0.05) is 23.6 Å². The lowest BCUT2D eigenvalue weighted by atomic mass is 9.99. The number of ether oxygens (including phenoxy) is 1. The summed E-state index contributed by atoms with van der Waals surface area (Å²) in [6, 6.07) is 5.43. The summed E-state index contributed by atoms with van der Waals surface area (Å²) in [7, 11) is 1.63. The SMILES string of the molecule is CCCCC(OC)c1cccc(-c2cscn2)c1F. The molecule has 1 atom stereocenters. The molecule has 0 spiro atoms. The summed E-state index contributed by atoms with van der Waals surface area (Å²) in [4.78, 5) is 4.17. The highest BCUT2D eigenvalue weighted by Gasteiger charge is 2.18. The van der Waals surface area contributed by atoms with Crippen molar-refractivity contribution < 1.29 is 9.13 Å². The van der Waals surface area contributed by atoms with E-state index in [-0.39, 0.29) is 11.9 Å². The maximum atomic E-state index is 14.6. The van der Waals surface area contributed by atoms with Crippen LogP contribution in [0.15, 0.2) is 29.1 Å². The van der Waals surface area contributed by atoms with Crippen molar-refractivity contribution in [1.29, 1.82) is 0 Å². The molecule has 1 aromatic carbocycles. The smallest absolute Gasteiger partial charge is 0.138 e. The maximum absolute atomic E-state index is 14.6. The van der Waals surface area contributed by atoms with Crippen molar-refractivity contribution in [2.75, 3.05) is 7.11 Å². The number of benzene rings is 1. The first-order valence-electron chi connectivity index (χ1n) is 6.47. The van der Waals surface area contributed by atoms with Gasteiger partial charge >= 0.3 is 0 Å². The highest BCUT2D eigenvalue weighted by Crippen LogP contribution is 2.31. The minimum atomic E-state index is -0.212. The Hall–Kier alpha value is -1.26. The molecule has 2 aromatic rings.